The number of carbonyl (C=O) groups excluding carboxylic acids is 3. The summed E-state index contributed by atoms with van der Waals surface area (Å²) in [7, 11) is 5.67. The predicted octanol–water partition coefficient (Wildman–Crippen LogP) is -0.0561. The number of likely N-dealkylation sites (N-methyl/N-ethyl adjacent to an activating group) is 3. The highest BCUT2D eigenvalue weighted by molar-refractivity contribution is 5.91. The van der Waals surface area contributed by atoms with E-state index in [4.69, 9.17) is 9.47 Å². The van der Waals surface area contributed by atoms with Crippen molar-refractivity contribution in [3.8, 4) is 0 Å². The second-order valence-electron chi connectivity index (χ2n) is 8.46. The molecular formula is C20H33N3O5. The van der Waals surface area contributed by atoms with Crippen molar-refractivity contribution in [1.29, 1.82) is 0 Å². The van der Waals surface area contributed by atoms with Gasteiger partial charge in [0.1, 0.15) is 5.78 Å². The van der Waals surface area contributed by atoms with E-state index in [2.05, 4.69) is 0 Å². The van der Waals surface area contributed by atoms with Crippen molar-refractivity contribution in [2.24, 2.45) is 0 Å². The van der Waals surface area contributed by atoms with Crippen LogP contribution in [0.25, 0.3) is 0 Å². The summed E-state index contributed by atoms with van der Waals surface area (Å²) in [5.74, 6) is 0.332. The molecule has 0 N–H and O–H groups in total. The van der Waals surface area contributed by atoms with Gasteiger partial charge in [0, 0.05) is 12.5 Å². The van der Waals surface area contributed by atoms with Crippen LogP contribution in [0.2, 0.25) is 0 Å². The van der Waals surface area contributed by atoms with E-state index in [-0.39, 0.29) is 47.6 Å². The van der Waals surface area contributed by atoms with Gasteiger partial charge in [-0.3, -0.25) is 29.1 Å². The Hall–Kier alpha value is -1.19. The Morgan fingerprint density at radius 2 is 1.54 bits per heavy atom. The Balaban J connectivity index is 1.63. The van der Waals surface area contributed by atoms with Gasteiger partial charge >= 0.3 is 0 Å². The molecule has 8 nitrogen and oxygen atoms in total. The molecule has 0 saturated carbocycles. The zero-order valence-corrected chi connectivity index (χ0v) is 17.4. The SMILES string of the molecule is CC(=O)[C@@H]1COCC(CC(=O)[C@@H]2CCC[C@@H](C(=O)[C@@H]3COCN3C)N2C)N1C. The third kappa shape index (κ3) is 4.36. The monoisotopic (exact) mass is 395 g/mol. The van der Waals surface area contributed by atoms with Crippen molar-refractivity contribution in [3.05, 3.63) is 0 Å². The van der Waals surface area contributed by atoms with Gasteiger partial charge in [-0.25, -0.2) is 0 Å². The molecule has 0 bridgehead atoms. The maximum atomic E-state index is 13.1. The lowest BCUT2D eigenvalue weighted by Crippen LogP contribution is -2.57. The fourth-order valence-corrected chi connectivity index (χ4v) is 4.69. The summed E-state index contributed by atoms with van der Waals surface area (Å²) >= 11 is 0. The molecule has 3 rings (SSSR count). The van der Waals surface area contributed by atoms with Crippen molar-refractivity contribution in [2.75, 3.05) is 47.7 Å². The van der Waals surface area contributed by atoms with E-state index in [1.54, 1.807) is 6.92 Å². The summed E-state index contributed by atoms with van der Waals surface area (Å²) in [4.78, 5) is 43.8. The molecule has 0 aliphatic carbocycles. The molecule has 1 unspecified atom stereocenters. The number of hydrogen-bond donors (Lipinski definition) is 0. The summed E-state index contributed by atoms with van der Waals surface area (Å²) in [6.45, 7) is 3.29. The third-order valence-corrected chi connectivity index (χ3v) is 6.63. The molecule has 0 amide bonds. The highest BCUT2D eigenvalue weighted by Gasteiger charge is 2.42. The summed E-state index contributed by atoms with van der Waals surface area (Å²) in [5, 5.41) is 0. The second-order valence-corrected chi connectivity index (χ2v) is 8.46. The molecule has 3 aliphatic heterocycles. The summed E-state index contributed by atoms with van der Waals surface area (Å²) in [6.07, 6.45) is 2.75. The van der Waals surface area contributed by atoms with E-state index in [0.717, 1.165) is 19.3 Å². The fraction of sp³-hybridized carbons (Fsp3) is 0.850. The average molecular weight is 396 g/mol. The van der Waals surface area contributed by atoms with E-state index < -0.39 is 0 Å². The molecule has 0 spiro atoms. The molecule has 158 valence electrons. The first-order chi connectivity index (χ1) is 13.3. The minimum absolute atomic E-state index is 0.0583. The van der Waals surface area contributed by atoms with Crippen LogP contribution in [-0.2, 0) is 23.9 Å². The predicted molar refractivity (Wildman–Crippen MR) is 103 cm³/mol. The Kier molecular flexibility index (Phi) is 6.98. The number of nitrogens with zero attached hydrogens (tertiary/aromatic N) is 3. The number of ether oxygens (including phenoxy) is 2. The molecule has 3 aliphatic rings. The number of ketones is 3. The Labute approximate surface area is 167 Å². The lowest BCUT2D eigenvalue weighted by Gasteiger charge is -2.41. The topological polar surface area (TPSA) is 79.4 Å². The maximum absolute atomic E-state index is 13.1. The zero-order valence-electron chi connectivity index (χ0n) is 17.4. The van der Waals surface area contributed by atoms with Gasteiger partial charge in [0.15, 0.2) is 11.6 Å². The standard InChI is InChI=1S/C20H33N3O5/c1-13(24)17-10-27-9-14(22(17)3)8-19(25)15-6-5-7-16(23(15)4)20(26)18-11-28-12-21(18)2/h14-18H,5-12H2,1-4H3/t14?,15-,16-,17-,18-/m0/s1. The molecule has 0 radical (unpaired) electrons. The minimum atomic E-state index is -0.289. The van der Waals surface area contributed by atoms with Gasteiger partial charge in [0.2, 0.25) is 0 Å². The smallest absolute Gasteiger partial charge is 0.169 e. The van der Waals surface area contributed by atoms with Gasteiger partial charge in [0.25, 0.3) is 0 Å². The van der Waals surface area contributed by atoms with Crippen LogP contribution in [0.3, 0.4) is 0 Å². The van der Waals surface area contributed by atoms with Gasteiger partial charge in [-0.15, -0.1) is 0 Å². The van der Waals surface area contributed by atoms with Crippen LogP contribution in [0.1, 0.15) is 32.6 Å². The van der Waals surface area contributed by atoms with Crippen molar-refractivity contribution in [1.82, 2.24) is 14.7 Å². The highest BCUT2D eigenvalue weighted by Crippen LogP contribution is 2.27. The fourth-order valence-electron chi connectivity index (χ4n) is 4.69. The van der Waals surface area contributed by atoms with E-state index in [1.165, 1.54) is 0 Å². The normalized spacial score (nSPS) is 35.8. The van der Waals surface area contributed by atoms with Gasteiger partial charge in [0.05, 0.1) is 50.7 Å². The minimum Gasteiger partial charge on any atom is -0.378 e. The molecular weight excluding hydrogens is 362 g/mol. The molecule has 0 aromatic heterocycles. The summed E-state index contributed by atoms with van der Waals surface area (Å²) < 4.78 is 11.0. The molecule has 3 saturated heterocycles. The first kappa shape index (κ1) is 21.5. The average Bonchev–Trinajstić information content (AvgIpc) is 3.08. The Bertz CT molecular complexity index is 613. The van der Waals surface area contributed by atoms with Crippen LogP contribution in [0.5, 0.6) is 0 Å². The van der Waals surface area contributed by atoms with Crippen molar-refractivity contribution < 1.29 is 23.9 Å². The van der Waals surface area contributed by atoms with Crippen molar-refractivity contribution >= 4 is 17.3 Å². The number of likely N-dealkylation sites (tertiary alicyclic amines) is 1. The number of Topliss-reactive ketones (excluding diaryl/α,β-unsaturated/α-hetero) is 3. The Morgan fingerprint density at radius 3 is 2.18 bits per heavy atom. The molecule has 5 atom stereocenters. The molecule has 0 aromatic carbocycles. The van der Waals surface area contributed by atoms with E-state index in [1.807, 2.05) is 35.8 Å². The van der Waals surface area contributed by atoms with Crippen LogP contribution in [-0.4, -0.2) is 110 Å². The lowest BCUT2D eigenvalue weighted by atomic mass is 9.87. The first-order valence-corrected chi connectivity index (χ1v) is 10.2. The van der Waals surface area contributed by atoms with Gasteiger partial charge in [-0.1, -0.05) is 0 Å². The first-order valence-electron chi connectivity index (χ1n) is 10.2. The van der Waals surface area contributed by atoms with Crippen LogP contribution in [0.15, 0.2) is 0 Å². The van der Waals surface area contributed by atoms with Crippen molar-refractivity contribution in [2.45, 2.75) is 62.8 Å². The molecule has 8 heteroatoms. The van der Waals surface area contributed by atoms with Crippen LogP contribution in [0.4, 0.5) is 0 Å². The van der Waals surface area contributed by atoms with Crippen LogP contribution in [0, 0.1) is 0 Å². The summed E-state index contributed by atoms with van der Waals surface area (Å²) in [6, 6.07) is -1.13. The molecule has 3 fully saturated rings. The van der Waals surface area contributed by atoms with Crippen LogP contribution < -0.4 is 0 Å². The number of morpholine rings is 1. The number of rotatable bonds is 6. The molecule has 28 heavy (non-hydrogen) atoms. The largest absolute Gasteiger partial charge is 0.378 e. The summed E-state index contributed by atoms with van der Waals surface area (Å²) in [5.41, 5.74) is 0. The third-order valence-electron chi connectivity index (χ3n) is 6.63. The van der Waals surface area contributed by atoms with Gasteiger partial charge in [-0.2, -0.15) is 0 Å². The van der Waals surface area contributed by atoms with Crippen LogP contribution >= 0.6 is 0 Å². The molecule has 3 heterocycles. The van der Waals surface area contributed by atoms with E-state index >= 15 is 0 Å². The number of piperidine rings is 1. The van der Waals surface area contributed by atoms with Gasteiger partial charge in [-0.05, 0) is 47.3 Å². The zero-order chi connectivity index (χ0) is 20.4. The highest BCUT2D eigenvalue weighted by atomic mass is 16.5. The van der Waals surface area contributed by atoms with Crippen molar-refractivity contribution in [3.63, 3.8) is 0 Å². The second kappa shape index (κ2) is 9.09. The number of hydrogen-bond acceptors (Lipinski definition) is 8. The molecule has 0 aromatic rings. The Morgan fingerprint density at radius 1 is 0.857 bits per heavy atom. The van der Waals surface area contributed by atoms with Gasteiger partial charge < -0.3 is 9.47 Å². The van der Waals surface area contributed by atoms with E-state index in [0.29, 0.717) is 33.0 Å². The lowest BCUT2D eigenvalue weighted by molar-refractivity contribution is -0.139. The maximum Gasteiger partial charge on any atom is 0.169 e. The van der Waals surface area contributed by atoms with E-state index in [9.17, 15) is 14.4 Å². The number of carbonyl (C=O) groups is 3. The quantitative estimate of drug-likeness (QED) is 0.619.